The third-order valence-corrected chi connectivity index (χ3v) is 5.78. The molecule has 0 aromatic carbocycles. The first-order valence-corrected chi connectivity index (χ1v) is 9.04. The molecule has 3 aliphatic rings. The zero-order valence-electron chi connectivity index (χ0n) is 15.1. The van der Waals surface area contributed by atoms with Crippen LogP contribution in [0.5, 0.6) is 0 Å². The topological polar surface area (TPSA) is 76.0 Å². The minimum atomic E-state index is -1.55. The highest BCUT2D eigenvalue weighted by Crippen LogP contribution is 2.50. The minimum absolute atomic E-state index is 0.251. The van der Waals surface area contributed by atoms with E-state index in [0.717, 1.165) is 18.4 Å². The smallest absolute Gasteiger partial charge is 0.334 e. The Morgan fingerprint density at radius 2 is 2.00 bits per heavy atom. The summed E-state index contributed by atoms with van der Waals surface area (Å²) < 4.78 is 11.7. The highest BCUT2D eigenvalue weighted by molar-refractivity contribution is 5.89. The van der Waals surface area contributed by atoms with Crippen molar-refractivity contribution in [3.63, 3.8) is 0 Å². The number of carbonyl (C=O) groups is 1. The van der Waals surface area contributed by atoms with Crippen molar-refractivity contribution < 1.29 is 24.5 Å². The summed E-state index contributed by atoms with van der Waals surface area (Å²) >= 11 is 0. The van der Waals surface area contributed by atoms with Crippen molar-refractivity contribution in [3.05, 3.63) is 35.5 Å². The largest absolute Gasteiger partial charge is 0.456 e. The molecule has 2 N–H and O–H groups in total. The molecule has 3 rings (SSSR count). The average molecular weight is 348 g/mol. The number of aliphatic hydroxyl groups is 2. The standard InChI is InChI=1S/C20H28O5/c1-13-6-4-7-14(2)11-20(23)16-10-17(24-18(22)15(16)3)19(12-21,25-20)9-5-8-13/h7-8,16-17,21,23H,3-6,9-12H2,1-2H3. The number of hydrogen-bond donors (Lipinski definition) is 2. The predicted octanol–water partition coefficient (Wildman–Crippen LogP) is 2.78. The summed E-state index contributed by atoms with van der Waals surface area (Å²) in [5.41, 5.74) is 1.46. The molecule has 0 radical (unpaired) electrons. The third-order valence-electron chi connectivity index (χ3n) is 5.78. The zero-order chi connectivity index (χ0) is 18.2. The fourth-order valence-electron chi connectivity index (χ4n) is 4.29. The second-order valence-electron chi connectivity index (χ2n) is 7.73. The van der Waals surface area contributed by atoms with E-state index in [1.165, 1.54) is 5.57 Å². The maximum absolute atomic E-state index is 12.3. The van der Waals surface area contributed by atoms with E-state index in [0.29, 0.717) is 25.7 Å². The van der Waals surface area contributed by atoms with Crippen molar-refractivity contribution in [1.82, 2.24) is 0 Å². The lowest BCUT2D eigenvalue weighted by Gasteiger charge is -2.55. The molecule has 4 unspecified atom stereocenters. The van der Waals surface area contributed by atoms with Crippen LogP contribution in [-0.2, 0) is 14.3 Å². The molecule has 138 valence electrons. The SMILES string of the molecule is C=C1C(=O)OC2CC1C1(O)CC(C)=CCCC(C)=CCCC2(CO)O1. The summed E-state index contributed by atoms with van der Waals surface area (Å²) in [6.07, 6.45) is 7.47. The van der Waals surface area contributed by atoms with Crippen LogP contribution in [0, 0.1) is 5.92 Å². The number of aliphatic hydroxyl groups excluding tert-OH is 1. The molecule has 0 aromatic rings. The van der Waals surface area contributed by atoms with Crippen molar-refractivity contribution in [2.45, 2.75) is 69.9 Å². The van der Waals surface area contributed by atoms with Crippen LogP contribution in [0.1, 0.15) is 52.4 Å². The Morgan fingerprint density at radius 3 is 2.72 bits per heavy atom. The fraction of sp³-hybridized carbons (Fsp3) is 0.650. The van der Waals surface area contributed by atoms with Gasteiger partial charge < -0.3 is 19.7 Å². The maximum atomic E-state index is 12.3. The number of ether oxygens (including phenoxy) is 2. The number of esters is 1. The molecule has 3 heterocycles. The van der Waals surface area contributed by atoms with E-state index in [-0.39, 0.29) is 12.2 Å². The van der Waals surface area contributed by atoms with Gasteiger partial charge in [-0.2, -0.15) is 0 Å². The molecule has 5 nitrogen and oxygen atoms in total. The van der Waals surface area contributed by atoms with E-state index in [1.807, 2.05) is 6.92 Å². The number of carbonyl (C=O) groups excluding carboxylic acids is 1. The Morgan fingerprint density at radius 1 is 1.28 bits per heavy atom. The van der Waals surface area contributed by atoms with Crippen LogP contribution in [-0.4, -0.2) is 40.3 Å². The van der Waals surface area contributed by atoms with E-state index >= 15 is 0 Å². The molecule has 2 fully saturated rings. The lowest BCUT2D eigenvalue weighted by Crippen LogP contribution is -2.66. The lowest BCUT2D eigenvalue weighted by molar-refractivity contribution is -0.351. The Kier molecular flexibility index (Phi) is 4.93. The first-order chi connectivity index (χ1) is 11.8. The zero-order valence-corrected chi connectivity index (χ0v) is 15.1. The van der Waals surface area contributed by atoms with E-state index in [1.54, 1.807) is 0 Å². The second kappa shape index (κ2) is 6.71. The highest BCUT2D eigenvalue weighted by atomic mass is 16.7. The van der Waals surface area contributed by atoms with Crippen LogP contribution >= 0.6 is 0 Å². The normalized spacial score (nSPS) is 39.5. The molecule has 4 bridgehead atoms. The molecule has 0 aliphatic carbocycles. The van der Waals surface area contributed by atoms with Crippen LogP contribution in [0.2, 0.25) is 0 Å². The second-order valence-corrected chi connectivity index (χ2v) is 7.73. The van der Waals surface area contributed by atoms with Crippen molar-refractivity contribution in [3.8, 4) is 0 Å². The average Bonchev–Trinajstić information content (AvgIpc) is 2.54. The van der Waals surface area contributed by atoms with Gasteiger partial charge in [-0.25, -0.2) is 4.79 Å². The number of hydrogen-bond acceptors (Lipinski definition) is 5. The number of fused-ring (bicyclic) bond motifs is 6. The van der Waals surface area contributed by atoms with Crippen molar-refractivity contribution in [2.75, 3.05) is 6.61 Å². The van der Waals surface area contributed by atoms with E-state index in [4.69, 9.17) is 9.47 Å². The summed E-state index contributed by atoms with van der Waals surface area (Å²) in [6, 6.07) is 0. The summed E-state index contributed by atoms with van der Waals surface area (Å²) in [4.78, 5) is 12.3. The molecule has 0 saturated carbocycles. The van der Waals surface area contributed by atoms with E-state index in [2.05, 4.69) is 25.7 Å². The summed E-state index contributed by atoms with van der Waals surface area (Å²) in [5, 5.41) is 21.5. The molecule has 3 aliphatic heterocycles. The van der Waals surface area contributed by atoms with Gasteiger partial charge in [0, 0.05) is 17.9 Å². The van der Waals surface area contributed by atoms with Gasteiger partial charge in [0.2, 0.25) is 0 Å². The van der Waals surface area contributed by atoms with Gasteiger partial charge >= 0.3 is 5.97 Å². The molecule has 2 saturated heterocycles. The van der Waals surface area contributed by atoms with Crippen LogP contribution in [0.25, 0.3) is 0 Å². The Labute approximate surface area is 149 Å². The first-order valence-electron chi connectivity index (χ1n) is 9.04. The summed E-state index contributed by atoms with van der Waals surface area (Å²) in [7, 11) is 0. The van der Waals surface area contributed by atoms with Gasteiger partial charge in [-0.05, 0) is 46.0 Å². The van der Waals surface area contributed by atoms with Gasteiger partial charge in [0.25, 0.3) is 0 Å². The van der Waals surface area contributed by atoms with Gasteiger partial charge in [-0.15, -0.1) is 0 Å². The lowest BCUT2D eigenvalue weighted by atomic mass is 9.72. The molecular formula is C20H28O5. The summed E-state index contributed by atoms with van der Waals surface area (Å²) in [5.74, 6) is -2.56. The Hall–Kier alpha value is -1.43. The number of allylic oxidation sites excluding steroid dienone is 3. The van der Waals surface area contributed by atoms with Gasteiger partial charge in [-0.3, -0.25) is 0 Å². The molecule has 0 amide bonds. The minimum Gasteiger partial charge on any atom is -0.456 e. The fourth-order valence-corrected chi connectivity index (χ4v) is 4.29. The van der Waals surface area contributed by atoms with Gasteiger partial charge in [0.1, 0.15) is 11.7 Å². The van der Waals surface area contributed by atoms with Crippen LogP contribution in [0.3, 0.4) is 0 Å². The first kappa shape index (κ1) is 18.4. The van der Waals surface area contributed by atoms with Gasteiger partial charge in [0.05, 0.1) is 6.61 Å². The molecule has 0 aromatic heterocycles. The van der Waals surface area contributed by atoms with E-state index in [9.17, 15) is 15.0 Å². The Balaban J connectivity index is 2.03. The van der Waals surface area contributed by atoms with Crippen molar-refractivity contribution >= 4 is 5.97 Å². The highest BCUT2D eigenvalue weighted by Gasteiger charge is 2.60. The van der Waals surface area contributed by atoms with Crippen molar-refractivity contribution in [2.24, 2.45) is 5.92 Å². The molecule has 4 atom stereocenters. The number of rotatable bonds is 1. The predicted molar refractivity (Wildman–Crippen MR) is 93.6 cm³/mol. The molecule has 25 heavy (non-hydrogen) atoms. The molecular weight excluding hydrogens is 320 g/mol. The van der Waals surface area contributed by atoms with E-state index < -0.39 is 29.4 Å². The molecule has 0 spiro atoms. The van der Waals surface area contributed by atoms with Crippen LogP contribution in [0.15, 0.2) is 35.5 Å². The third kappa shape index (κ3) is 3.33. The van der Waals surface area contributed by atoms with Crippen LogP contribution in [0.4, 0.5) is 0 Å². The monoisotopic (exact) mass is 348 g/mol. The molecule has 5 heteroatoms. The maximum Gasteiger partial charge on any atom is 0.334 e. The van der Waals surface area contributed by atoms with Gasteiger partial charge in [-0.1, -0.05) is 29.9 Å². The quantitative estimate of drug-likeness (QED) is 0.433. The Bertz CT molecular complexity index is 634. The van der Waals surface area contributed by atoms with Crippen molar-refractivity contribution in [1.29, 1.82) is 0 Å². The van der Waals surface area contributed by atoms with Crippen LogP contribution < -0.4 is 0 Å². The van der Waals surface area contributed by atoms with Gasteiger partial charge in [0.15, 0.2) is 5.79 Å². The summed E-state index contributed by atoms with van der Waals surface area (Å²) in [6.45, 7) is 7.57.